The molecule has 8 nitrogen and oxygen atoms in total. The van der Waals surface area contributed by atoms with Crippen LogP contribution in [0.15, 0.2) is 23.5 Å². The molecular formula is C21H25N5O3S. The molecule has 1 saturated heterocycles. The monoisotopic (exact) mass is 427 g/mol. The second kappa shape index (κ2) is 7.02. The average Bonchev–Trinajstić information content (AvgIpc) is 3.31. The average molecular weight is 428 g/mol. The number of aryl methyl sites for hydroxylation is 1. The molecule has 0 aliphatic carbocycles. The van der Waals surface area contributed by atoms with Gasteiger partial charge in [0, 0.05) is 43.0 Å². The quantitative estimate of drug-likeness (QED) is 0.594. The van der Waals surface area contributed by atoms with Crippen LogP contribution in [-0.2, 0) is 21.0 Å². The summed E-state index contributed by atoms with van der Waals surface area (Å²) in [6.07, 6.45) is 6.85. The van der Waals surface area contributed by atoms with Gasteiger partial charge in [-0.2, -0.15) is 5.10 Å². The number of hydrogen-bond donors (Lipinski definition) is 0. The highest BCUT2D eigenvalue weighted by Gasteiger charge is 2.29. The Kier molecular flexibility index (Phi) is 4.55. The van der Waals surface area contributed by atoms with Crippen molar-refractivity contribution in [3.8, 4) is 11.3 Å². The van der Waals surface area contributed by atoms with E-state index in [0.717, 1.165) is 72.7 Å². The molecule has 3 aromatic rings. The minimum atomic E-state index is -3.55. The number of sulfone groups is 1. The van der Waals surface area contributed by atoms with Gasteiger partial charge in [-0.1, -0.05) is 6.07 Å². The third kappa shape index (κ3) is 3.07. The van der Waals surface area contributed by atoms with Crippen LogP contribution in [-0.4, -0.2) is 54.6 Å². The van der Waals surface area contributed by atoms with E-state index in [0.29, 0.717) is 11.5 Å². The minimum Gasteiger partial charge on any atom is -0.359 e. The van der Waals surface area contributed by atoms with Crippen LogP contribution < -0.4 is 4.90 Å². The van der Waals surface area contributed by atoms with Crippen molar-refractivity contribution in [2.45, 2.75) is 44.0 Å². The van der Waals surface area contributed by atoms with Crippen LogP contribution in [0.4, 0.5) is 5.82 Å². The van der Waals surface area contributed by atoms with Gasteiger partial charge in [0.25, 0.3) is 0 Å². The summed E-state index contributed by atoms with van der Waals surface area (Å²) in [6.45, 7) is 3.55. The van der Waals surface area contributed by atoms with E-state index >= 15 is 0 Å². The van der Waals surface area contributed by atoms with E-state index in [-0.39, 0.29) is 11.4 Å². The molecule has 2 aliphatic rings. The Morgan fingerprint density at radius 3 is 2.77 bits per heavy atom. The van der Waals surface area contributed by atoms with Gasteiger partial charge in [0.15, 0.2) is 6.23 Å². The van der Waals surface area contributed by atoms with Crippen LogP contribution in [0.2, 0.25) is 0 Å². The molecule has 0 N–H and O–H groups in total. The van der Waals surface area contributed by atoms with Crippen LogP contribution >= 0.6 is 0 Å². The molecule has 1 fully saturated rings. The first kappa shape index (κ1) is 19.4. The highest BCUT2D eigenvalue weighted by molar-refractivity contribution is 7.90. The topological polar surface area (TPSA) is 90.2 Å². The molecule has 0 bridgehead atoms. The standard InChI is InChI=1S/C21H25N5O3S/c1-13-7-8-16-15(12-22-26(16)17-6-4-5-11-29-17)18(13)19-14-9-10-25(2)20(14)24-21(23-19)30(3,27)28/h7-8,12,17H,4-6,9-11H2,1-3H3. The predicted octanol–water partition coefficient (Wildman–Crippen LogP) is 2.90. The SMILES string of the molecule is Cc1ccc2c(cnn2C2CCCCO2)c1-c1nc(S(C)(=O)=O)nc2c1CCN2C. The fraction of sp³-hybridized carbons (Fsp3) is 0.476. The zero-order valence-corrected chi connectivity index (χ0v) is 18.2. The highest BCUT2D eigenvalue weighted by atomic mass is 32.2. The number of hydrogen-bond acceptors (Lipinski definition) is 7. The summed E-state index contributed by atoms with van der Waals surface area (Å²) in [5.41, 5.74) is 4.61. The third-order valence-electron chi connectivity index (χ3n) is 6.01. The molecule has 0 amide bonds. The summed E-state index contributed by atoms with van der Waals surface area (Å²) in [6, 6.07) is 4.11. The number of rotatable bonds is 3. The number of anilines is 1. The maximum atomic E-state index is 12.3. The summed E-state index contributed by atoms with van der Waals surface area (Å²) in [5.74, 6) is 0.694. The molecule has 2 aromatic heterocycles. The molecule has 9 heteroatoms. The van der Waals surface area contributed by atoms with Gasteiger partial charge < -0.3 is 9.64 Å². The lowest BCUT2D eigenvalue weighted by molar-refractivity contribution is -0.0366. The van der Waals surface area contributed by atoms with Gasteiger partial charge in [-0.25, -0.2) is 23.1 Å². The van der Waals surface area contributed by atoms with E-state index in [1.165, 1.54) is 0 Å². The molecule has 0 radical (unpaired) electrons. The van der Waals surface area contributed by atoms with Crippen LogP contribution in [0, 0.1) is 6.92 Å². The summed E-state index contributed by atoms with van der Waals surface area (Å²) >= 11 is 0. The highest BCUT2D eigenvalue weighted by Crippen LogP contribution is 2.39. The van der Waals surface area contributed by atoms with Crippen molar-refractivity contribution in [3.63, 3.8) is 0 Å². The molecule has 1 aromatic carbocycles. The number of nitrogens with zero attached hydrogens (tertiary/aromatic N) is 5. The fourth-order valence-corrected chi connectivity index (χ4v) is 4.96. The third-order valence-corrected chi connectivity index (χ3v) is 6.86. The van der Waals surface area contributed by atoms with E-state index in [1.54, 1.807) is 0 Å². The van der Waals surface area contributed by atoms with E-state index in [2.05, 4.69) is 21.1 Å². The van der Waals surface area contributed by atoms with E-state index in [1.807, 2.05) is 35.8 Å². The molecule has 2 aliphatic heterocycles. The lowest BCUT2D eigenvalue weighted by atomic mass is 9.97. The number of likely N-dealkylation sites (N-methyl/N-ethyl adjacent to an activating group) is 1. The second-order valence-corrected chi connectivity index (χ2v) is 10.1. The van der Waals surface area contributed by atoms with E-state index in [9.17, 15) is 8.42 Å². The normalized spacial score (nSPS) is 19.4. The van der Waals surface area contributed by atoms with Crippen LogP contribution in [0.3, 0.4) is 0 Å². The van der Waals surface area contributed by atoms with Gasteiger partial charge in [0.1, 0.15) is 5.82 Å². The molecule has 30 heavy (non-hydrogen) atoms. The molecule has 0 saturated carbocycles. The van der Waals surface area contributed by atoms with Gasteiger partial charge in [-0.3, -0.25) is 0 Å². The van der Waals surface area contributed by atoms with Crippen molar-refractivity contribution < 1.29 is 13.2 Å². The minimum absolute atomic E-state index is 0.0689. The molecule has 1 unspecified atom stereocenters. The van der Waals surface area contributed by atoms with Crippen molar-refractivity contribution >= 4 is 26.6 Å². The van der Waals surface area contributed by atoms with Crippen LogP contribution in [0.5, 0.6) is 0 Å². The Balaban J connectivity index is 1.76. The number of ether oxygens (including phenoxy) is 1. The van der Waals surface area contributed by atoms with Gasteiger partial charge in [-0.05, 0) is 44.2 Å². The smallest absolute Gasteiger partial charge is 0.249 e. The summed E-state index contributed by atoms with van der Waals surface area (Å²) < 4.78 is 32.5. The molecule has 4 heterocycles. The molecule has 0 spiro atoms. The van der Waals surface area contributed by atoms with Crippen LogP contribution in [0.25, 0.3) is 22.2 Å². The second-order valence-electron chi connectivity index (χ2n) is 8.20. The van der Waals surface area contributed by atoms with Gasteiger partial charge in [0.05, 0.1) is 17.4 Å². The number of aromatic nitrogens is 4. The Morgan fingerprint density at radius 2 is 2.03 bits per heavy atom. The van der Waals surface area contributed by atoms with Crippen LogP contribution in [0.1, 0.15) is 36.6 Å². The summed E-state index contributed by atoms with van der Waals surface area (Å²) in [7, 11) is -1.61. The number of fused-ring (bicyclic) bond motifs is 2. The molecular weight excluding hydrogens is 402 g/mol. The Hall–Kier alpha value is -2.52. The first-order chi connectivity index (χ1) is 14.3. The van der Waals surface area contributed by atoms with Gasteiger partial charge in [0.2, 0.25) is 15.0 Å². The summed E-state index contributed by atoms with van der Waals surface area (Å²) in [4.78, 5) is 10.9. The lowest BCUT2D eigenvalue weighted by Gasteiger charge is -2.23. The Bertz CT molecular complexity index is 1250. The van der Waals surface area contributed by atoms with E-state index in [4.69, 9.17) is 4.74 Å². The lowest BCUT2D eigenvalue weighted by Crippen LogP contribution is -2.18. The van der Waals surface area contributed by atoms with Crippen molar-refractivity contribution in [3.05, 3.63) is 29.5 Å². The van der Waals surface area contributed by atoms with Gasteiger partial charge >= 0.3 is 0 Å². The van der Waals surface area contributed by atoms with Gasteiger partial charge in [-0.15, -0.1) is 0 Å². The Labute approximate surface area is 175 Å². The molecule has 158 valence electrons. The first-order valence-corrected chi connectivity index (χ1v) is 12.1. The zero-order chi connectivity index (χ0) is 21.0. The fourth-order valence-electron chi connectivity index (χ4n) is 4.45. The maximum Gasteiger partial charge on any atom is 0.249 e. The maximum absolute atomic E-state index is 12.3. The van der Waals surface area contributed by atoms with Crippen molar-refractivity contribution in [1.82, 2.24) is 19.7 Å². The zero-order valence-electron chi connectivity index (χ0n) is 17.4. The van der Waals surface area contributed by atoms with E-state index < -0.39 is 9.84 Å². The summed E-state index contributed by atoms with van der Waals surface area (Å²) in [5, 5.41) is 5.47. The Morgan fingerprint density at radius 1 is 1.20 bits per heavy atom. The largest absolute Gasteiger partial charge is 0.359 e. The number of benzene rings is 1. The molecule has 5 rings (SSSR count). The first-order valence-electron chi connectivity index (χ1n) is 10.3. The van der Waals surface area contributed by atoms with Crippen molar-refractivity contribution in [2.24, 2.45) is 0 Å². The van der Waals surface area contributed by atoms with Crippen molar-refractivity contribution in [2.75, 3.05) is 31.4 Å². The predicted molar refractivity (Wildman–Crippen MR) is 114 cm³/mol. The molecule has 1 atom stereocenters. The van der Waals surface area contributed by atoms with Crippen molar-refractivity contribution in [1.29, 1.82) is 0 Å².